The summed E-state index contributed by atoms with van der Waals surface area (Å²) < 4.78 is 0. The Morgan fingerprint density at radius 3 is 1.67 bits per heavy atom. The Morgan fingerprint density at radius 2 is 1.15 bits per heavy atom. The lowest BCUT2D eigenvalue weighted by Gasteiger charge is -2.34. The van der Waals surface area contributed by atoms with Gasteiger partial charge in [-0.1, -0.05) is 169 Å². The van der Waals surface area contributed by atoms with E-state index in [0.717, 1.165) is 39.9 Å². The molecule has 228 valence electrons. The van der Waals surface area contributed by atoms with Crippen LogP contribution in [0.4, 0.5) is 5.69 Å². The number of allylic oxidation sites excluding steroid dienone is 2. The van der Waals surface area contributed by atoms with Crippen LogP contribution in [0.25, 0.3) is 0 Å². The zero-order valence-corrected chi connectivity index (χ0v) is 26.3. The fraction of sp³-hybridized carbons (Fsp3) is 0.143. The predicted octanol–water partition coefficient (Wildman–Crippen LogP) is 9.47. The van der Waals surface area contributed by atoms with E-state index in [-0.39, 0.29) is 5.91 Å². The van der Waals surface area contributed by atoms with Gasteiger partial charge in [-0.25, -0.2) is 0 Å². The van der Waals surface area contributed by atoms with Gasteiger partial charge in [0.1, 0.15) is 0 Å². The molecule has 0 fully saturated rings. The number of nitrogens with zero attached hydrogens (tertiary/aromatic N) is 2. The Hall–Kier alpha value is -5.48. The average Bonchev–Trinajstić information content (AvgIpc) is 3.12. The van der Waals surface area contributed by atoms with Gasteiger partial charge >= 0.3 is 0 Å². The minimum absolute atomic E-state index is 0.00285. The Balaban J connectivity index is 1.46. The molecule has 0 saturated heterocycles. The van der Waals surface area contributed by atoms with E-state index in [1.165, 1.54) is 0 Å². The molecule has 5 aromatic rings. The molecule has 4 nitrogen and oxygen atoms in total. The van der Waals surface area contributed by atoms with Gasteiger partial charge in [0.25, 0.3) is 0 Å². The molecule has 1 amide bonds. The van der Waals surface area contributed by atoms with Gasteiger partial charge in [0, 0.05) is 22.3 Å². The van der Waals surface area contributed by atoms with Crippen molar-refractivity contribution >= 4 is 17.3 Å². The van der Waals surface area contributed by atoms with E-state index in [4.69, 9.17) is 9.99 Å². The Kier molecular flexibility index (Phi) is 9.07. The Bertz CT molecular complexity index is 1740. The van der Waals surface area contributed by atoms with E-state index in [9.17, 15) is 4.79 Å². The SMILES string of the molecule is C/C(=N/OC(c1ccccc1)(c1ccccc1)c1ccccc1)c1ccccc1N(Cc1ccccc1)C(=O)C1(C)C=CCC=C1. The number of hydrogen-bond donors (Lipinski definition) is 0. The summed E-state index contributed by atoms with van der Waals surface area (Å²) in [5, 5.41) is 4.89. The molecule has 0 radical (unpaired) electrons. The molecular weight excluding hydrogens is 564 g/mol. The zero-order valence-electron chi connectivity index (χ0n) is 26.3. The van der Waals surface area contributed by atoms with Crippen molar-refractivity contribution in [3.63, 3.8) is 0 Å². The van der Waals surface area contributed by atoms with Gasteiger partial charge in [0.05, 0.1) is 23.4 Å². The van der Waals surface area contributed by atoms with E-state index < -0.39 is 11.0 Å². The maximum atomic E-state index is 14.4. The number of benzene rings is 5. The molecule has 1 aliphatic carbocycles. The van der Waals surface area contributed by atoms with Crippen molar-refractivity contribution in [1.82, 2.24) is 0 Å². The molecule has 0 N–H and O–H groups in total. The lowest BCUT2D eigenvalue weighted by molar-refractivity contribution is -0.123. The van der Waals surface area contributed by atoms with E-state index in [1.807, 2.05) is 128 Å². The largest absolute Gasteiger partial charge is 0.374 e. The highest BCUT2D eigenvalue weighted by Gasteiger charge is 2.40. The van der Waals surface area contributed by atoms with E-state index >= 15 is 0 Å². The third kappa shape index (κ3) is 6.20. The highest BCUT2D eigenvalue weighted by atomic mass is 16.6. The molecular formula is C42H38N2O2. The second-order valence-corrected chi connectivity index (χ2v) is 11.8. The number of para-hydroxylation sites is 1. The summed E-state index contributed by atoms with van der Waals surface area (Å²) in [6.07, 6.45) is 8.96. The van der Waals surface area contributed by atoms with Crippen molar-refractivity contribution in [1.29, 1.82) is 0 Å². The summed E-state index contributed by atoms with van der Waals surface area (Å²) in [4.78, 5) is 23.1. The van der Waals surface area contributed by atoms with Crippen molar-refractivity contribution in [3.8, 4) is 0 Å². The standard InChI is InChI=1S/C42H38N2O2/c1-33(43-46-42(35-22-10-4-11-23-35,36-24-12-5-13-25-36)37-26-14-6-15-27-37)38-28-16-17-29-39(38)44(32-34-20-8-3-9-21-34)40(45)41(2)30-18-7-19-31-41/h3-6,8-31H,7,32H2,1-2H3/b43-33-. The normalized spacial score (nSPS) is 14.1. The summed E-state index contributed by atoms with van der Waals surface area (Å²) in [7, 11) is 0. The average molecular weight is 603 g/mol. The lowest BCUT2D eigenvalue weighted by atomic mass is 9.80. The topological polar surface area (TPSA) is 41.9 Å². The molecule has 1 aliphatic rings. The minimum Gasteiger partial charge on any atom is -0.374 e. The van der Waals surface area contributed by atoms with Crippen LogP contribution in [0.5, 0.6) is 0 Å². The van der Waals surface area contributed by atoms with Gasteiger partial charge in [-0.2, -0.15) is 0 Å². The first-order chi connectivity index (χ1) is 22.5. The first-order valence-corrected chi connectivity index (χ1v) is 15.7. The van der Waals surface area contributed by atoms with Crippen molar-refractivity contribution in [3.05, 3.63) is 198 Å². The minimum atomic E-state index is -1.01. The van der Waals surface area contributed by atoms with Gasteiger partial charge in [-0.15, -0.1) is 0 Å². The smallest absolute Gasteiger partial charge is 0.240 e. The van der Waals surface area contributed by atoms with Crippen LogP contribution in [-0.4, -0.2) is 11.6 Å². The molecule has 0 atom stereocenters. The van der Waals surface area contributed by atoms with Crippen molar-refractivity contribution in [2.45, 2.75) is 32.4 Å². The first-order valence-electron chi connectivity index (χ1n) is 15.7. The second kappa shape index (κ2) is 13.7. The number of carbonyl (C=O) groups is 1. The van der Waals surface area contributed by atoms with Crippen LogP contribution < -0.4 is 4.90 Å². The molecule has 0 unspecified atom stereocenters. The third-order valence-corrected chi connectivity index (χ3v) is 8.53. The molecule has 4 heteroatoms. The van der Waals surface area contributed by atoms with E-state index in [1.54, 1.807) is 0 Å². The highest BCUT2D eigenvalue weighted by molar-refractivity contribution is 6.08. The maximum Gasteiger partial charge on any atom is 0.240 e. The van der Waals surface area contributed by atoms with E-state index in [0.29, 0.717) is 12.3 Å². The quantitative estimate of drug-likeness (QED) is 0.0692. The number of amides is 1. The van der Waals surface area contributed by atoms with Crippen LogP contribution >= 0.6 is 0 Å². The van der Waals surface area contributed by atoms with Gasteiger partial charge in [0.2, 0.25) is 11.5 Å². The number of carbonyl (C=O) groups excluding carboxylic acids is 1. The van der Waals surface area contributed by atoms with Gasteiger partial charge < -0.3 is 9.74 Å². The van der Waals surface area contributed by atoms with E-state index in [2.05, 4.69) is 60.7 Å². The summed E-state index contributed by atoms with van der Waals surface area (Å²) in [6.45, 7) is 4.34. The van der Waals surface area contributed by atoms with Crippen LogP contribution in [0.2, 0.25) is 0 Å². The number of oxime groups is 1. The number of anilines is 1. The zero-order chi connectivity index (χ0) is 31.8. The van der Waals surface area contributed by atoms with Crippen molar-refractivity contribution in [2.24, 2.45) is 10.6 Å². The highest BCUT2D eigenvalue weighted by Crippen LogP contribution is 2.41. The lowest BCUT2D eigenvalue weighted by Crippen LogP contribution is -2.41. The van der Waals surface area contributed by atoms with Gasteiger partial charge in [-0.3, -0.25) is 4.79 Å². The summed E-state index contributed by atoms with van der Waals surface area (Å²) in [5.74, 6) is -0.00285. The second-order valence-electron chi connectivity index (χ2n) is 11.8. The molecule has 0 aromatic heterocycles. The van der Waals surface area contributed by atoms with Crippen LogP contribution in [0.3, 0.4) is 0 Å². The van der Waals surface area contributed by atoms with Gasteiger partial charge in [0.15, 0.2) is 0 Å². The van der Waals surface area contributed by atoms with Crippen LogP contribution in [0.15, 0.2) is 175 Å². The Morgan fingerprint density at radius 1 is 0.696 bits per heavy atom. The first kappa shape index (κ1) is 30.5. The summed E-state index contributed by atoms with van der Waals surface area (Å²) in [6, 6.07) is 48.6. The Labute approximate surface area is 272 Å². The third-order valence-electron chi connectivity index (χ3n) is 8.53. The molecule has 0 saturated carbocycles. The molecule has 0 spiro atoms. The fourth-order valence-electron chi connectivity index (χ4n) is 6.10. The van der Waals surface area contributed by atoms with Crippen LogP contribution in [0.1, 0.15) is 48.1 Å². The molecule has 0 bridgehead atoms. The number of rotatable bonds is 10. The molecule has 0 heterocycles. The summed E-state index contributed by atoms with van der Waals surface area (Å²) in [5.41, 5.74) is 4.41. The van der Waals surface area contributed by atoms with Crippen molar-refractivity contribution in [2.75, 3.05) is 4.90 Å². The molecule has 46 heavy (non-hydrogen) atoms. The molecule has 5 aromatic carbocycles. The van der Waals surface area contributed by atoms with Crippen molar-refractivity contribution < 1.29 is 9.63 Å². The molecule has 6 rings (SSSR count). The monoisotopic (exact) mass is 602 g/mol. The summed E-state index contributed by atoms with van der Waals surface area (Å²) >= 11 is 0. The van der Waals surface area contributed by atoms with Crippen LogP contribution in [0, 0.1) is 5.41 Å². The van der Waals surface area contributed by atoms with Crippen LogP contribution in [-0.2, 0) is 21.8 Å². The van der Waals surface area contributed by atoms with Gasteiger partial charge in [-0.05, 0) is 31.9 Å². The predicted molar refractivity (Wildman–Crippen MR) is 188 cm³/mol. The fourth-order valence-corrected chi connectivity index (χ4v) is 6.10. The number of hydrogen-bond acceptors (Lipinski definition) is 3. The maximum absolute atomic E-state index is 14.4. The molecule has 0 aliphatic heterocycles.